The Morgan fingerprint density at radius 1 is 1.00 bits per heavy atom. The van der Waals surface area contributed by atoms with Gasteiger partial charge in [-0.05, 0) is 43.3 Å². The summed E-state index contributed by atoms with van der Waals surface area (Å²) >= 11 is 0. The fourth-order valence-corrected chi connectivity index (χ4v) is 4.55. The minimum Gasteiger partial charge on any atom is -0.491 e. The van der Waals surface area contributed by atoms with Crippen LogP contribution < -0.4 is 10.1 Å². The number of ether oxygens (including phenoxy) is 3. The van der Waals surface area contributed by atoms with Crippen LogP contribution in [0.1, 0.15) is 40.4 Å². The second kappa shape index (κ2) is 12.1. The molecule has 0 aliphatic heterocycles. The van der Waals surface area contributed by atoms with Gasteiger partial charge in [-0.3, -0.25) is 4.79 Å². The number of aromatic nitrogens is 4. The number of H-pyrrole nitrogens is 1. The van der Waals surface area contributed by atoms with Gasteiger partial charge in [-0.1, -0.05) is 30.3 Å². The van der Waals surface area contributed by atoms with Gasteiger partial charge in [-0.25, -0.2) is 9.97 Å². The van der Waals surface area contributed by atoms with Crippen LogP contribution in [0.5, 0.6) is 5.75 Å². The lowest BCUT2D eigenvalue weighted by Crippen LogP contribution is -2.28. The predicted molar refractivity (Wildman–Crippen MR) is 150 cm³/mol. The minimum atomic E-state index is -0.162. The third-order valence-electron chi connectivity index (χ3n) is 6.69. The molecule has 0 bridgehead atoms. The van der Waals surface area contributed by atoms with Crippen molar-refractivity contribution in [2.45, 2.75) is 19.4 Å². The van der Waals surface area contributed by atoms with E-state index < -0.39 is 0 Å². The molecule has 1 amide bonds. The predicted octanol–water partition coefficient (Wildman–Crippen LogP) is 4.57. The molecular weight excluding hydrogens is 494 g/mol. The van der Waals surface area contributed by atoms with Gasteiger partial charge in [0.15, 0.2) is 0 Å². The monoisotopic (exact) mass is 527 g/mol. The van der Waals surface area contributed by atoms with Gasteiger partial charge in [-0.15, -0.1) is 0 Å². The summed E-state index contributed by atoms with van der Waals surface area (Å²) < 4.78 is 18.6. The smallest absolute Gasteiger partial charge is 0.251 e. The van der Waals surface area contributed by atoms with Gasteiger partial charge in [0.05, 0.1) is 54.4 Å². The molecular formula is C30H33N5O4. The zero-order valence-corrected chi connectivity index (χ0v) is 22.4. The maximum absolute atomic E-state index is 12.9. The molecule has 3 aromatic carbocycles. The zero-order valence-electron chi connectivity index (χ0n) is 22.4. The van der Waals surface area contributed by atoms with E-state index in [0.717, 1.165) is 45.0 Å². The van der Waals surface area contributed by atoms with Crippen LogP contribution in [0.25, 0.3) is 22.1 Å². The lowest BCUT2D eigenvalue weighted by molar-refractivity contribution is 0.0605. The normalized spacial score (nSPS) is 12.2. The number of carbonyl (C=O) groups is 1. The molecule has 9 heteroatoms. The van der Waals surface area contributed by atoms with Crippen LogP contribution >= 0.6 is 0 Å². The third kappa shape index (κ3) is 5.94. The molecule has 2 heterocycles. The average Bonchev–Trinajstić information content (AvgIpc) is 3.54. The Morgan fingerprint density at radius 2 is 1.82 bits per heavy atom. The summed E-state index contributed by atoms with van der Waals surface area (Å²) in [5.41, 5.74) is 5.17. The van der Waals surface area contributed by atoms with Crippen molar-refractivity contribution in [3.05, 3.63) is 89.5 Å². The number of imidazole rings is 2. The highest BCUT2D eigenvalue weighted by Gasteiger charge is 2.20. The largest absolute Gasteiger partial charge is 0.491 e. The summed E-state index contributed by atoms with van der Waals surface area (Å²) in [5.74, 6) is 2.27. The zero-order chi connectivity index (χ0) is 27.2. The van der Waals surface area contributed by atoms with Crippen molar-refractivity contribution in [2.75, 3.05) is 33.5 Å². The standard InChI is InChI=1S/C30H33N5O4/c1-20(28-32-23-9-5-6-10-24(23)33-28)29-34-25-13-12-21(18-26(25)35(29)2)30(36)31-14-15-39-27-11-7-4-8-22(27)19-38-17-16-37-3/h4-13,18,20H,14-17,19H2,1-3H3,(H,31,36)(H,32,33). The van der Waals surface area contributed by atoms with Crippen LogP contribution in [0.2, 0.25) is 0 Å². The molecule has 1 atom stereocenters. The number of nitrogens with zero attached hydrogens (tertiary/aromatic N) is 3. The molecule has 9 nitrogen and oxygen atoms in total. The maximum atomic E-state index is 12.9. The molecule has 0 radical (unpaired) electrons. The number of nitrogens with one attached hydrogen (secondary N) is 2. The second-order valence-electron chi connectivity index (χ2n) is 9.35. The van der Waals surface area contributed by atoms with Gasteiger partial charge in [-0.2, -0.15) is 0 Å². The van der Waals surface area contributed by atoms with Crippen LogP contribution in [-0.2, 0) is 23.1 Å². The summed E-state index contributed by atoms with van der Waals surface area (Å²) in [6.07, 6.45) is 0. The highest BCUT2D eigenvalue weighted by molar-refractivity contribution is 5.97. The molecule has 2 N–H and O–H groups in total. The Bertz CT molecular complexity index is 1540. The van der Waals surface area contributed by atoms with Crippen LogP contribution in [0.3, 0.4) is 0 Å². The molecule has 5 rings (SSSR count). The van der Waals surface area contributed by atoms with Crippen molar-refractivity contribution in [2.24, 2.45) is 7.05 Å². The highest BCUT2D eigenvalue weighted by atomic mass is 16.5. The van der Waals surface area contributed by atoms with Crippen LogP contribution in [0, 0.1) is 0 Å². The number of fused-ring (bicyclic) bond motifs is 2. The second-order valence-corrected chi connectivity index (χ2v) is 9.35. The molecule has 0 saturated heterocycles. The number of rotatable bonds is 12. The Labute approximate surface area is 227 Å². The third-order valence-corrected chi connectivity index (χ3v) is 6.69. The van der Waals surface area contributed by atoms with Gasteiger partial charge < -0.3 is 29.1 Å². The Morgan fingerprint density at radius 3 is 2.67 bits per heavy atom. The Hall–Kier alpha value is -4.21. The first-order valence-corrected chi connectivity index (χ1v) is 13.0. The van der Waals surface area contributed by atoms with E-state index in [2.05, 4.69) is 17.2 Å². The van der Waals surface area contributed by atoms with E-state index in [1.165, 1.54) is 0 Å². The van der Waals surface area contributed by atoms with Crippen LogP contribution in [0.15, 0.2) is 66.7 Å². The van der Waals surface area contributed by atoms with Gasteiger partial charge in [0.2, 0.25) is 0 Å². The van der Waals surface area contributed by atoms with E-state index in [1.807, 2.05) is 72.3 Å². The number of methoxy groups -OCH3 is 1. The number of amides is 1. The lowest BCUT2D eigenvalue weighted by atomic mass is 10.1. The molecule has 1 unspecified atom stereocenters. The van der Waals surface area contributed by atoms with Gasteiger partial charge in [0, 0.05) is 25.3 Å². The van der Waals surface area contributed by atoms with Crippen molar-refractivity contribution >= 4 is 28.0 Å². The number of hydrogen-bond donors (Lipinski definition) is 2. The molecule has 0 aliphatic carbocycles. The van der Waals surface area contributed by atoms with E-state index in [4.69, 9.17) is 24.2 Å². The van der Waals surface area contributed by atoms with Crippen molar-refractivity contribution in [3.8, 4) is 5.75 Å². The van der Waals surface area contributed by atoms with Gasteiger partial charge in [0.25, 0.3) is 5.91 Å². The Balaban J connectivity index is 1.21. The van der Waals surface area contributed by atoms with E-state index >= 15 is 0 Å². The molecule has 2 aromatic heterocycles. The number of hydrogen-bond acceptors (Lipinski definition) is 6. The van der Waals surface area contributed by atoms with E-state index in [-0.39, 0.29) is 11.8 Å². The first-order valence-electron chi connectivity index (χ1n) is 13.0. The van der Waals surface area contributed by atoms with Gasteiger partial charge >= 0.3 is 0 Å². The fourth-order valence-electron chi connectivity index (χ4n) is 4.55. The summed E-state index contributed by atoms with van der Waals surface area (Å²) in [4.78, 5) is 25.9. The molecule has 5 aromatic rings. The summed E-state index contributed by atoms with van der Waals surface area (Å²) in [6.45, 7) is 4.29. The number of benzene rings is 3. The summed E-state index contributed by atoms with van der Waals surface area (Å²) in [6, 6.07) is 21.3. The number of carbonyl (C=O) groups excluding carboxylic acids is 1. The fraction of sp³-hybridized carbons (Fsp3) is 0.300. The first-order chi connectivity index (χ1) is 19.0. The molecule has 0 saturated carbocycles. The van der Waals surface area contributed by atoms with Crippen molar-refractivity contribution in [1.29, 1.82) is 0 Å². The highest BCUT2D eigenvalue weighted by Crippen LogP contribution is 2.27. The number of para-hydroxylation sites is 3. The maximum Gasteiger partial charge on any atom is 0.251 e. The van der Waals surface area contributed by atoms with Crippen LogP contribution in [0.4, 0.5) is 0 Å². The molecule has 0 aliphatic rings. The first kappa shape index (κ1) is 26.4. The van der Waals surface area contributed by atoms with Gasteiger partial charge in [0.1, 0.15) is 24.0 Å². The molecule has 39 heavy (non-hydrogen) atoms. The molecule has 202 valence electrons. The van der Waals surface area contributed by atoms with Crippen molar-refractivity contribution in [3.63, 3.8) is 0 Å². The van der Waals surface area contributed by atoms with E-state index in [0.29, 0.717) is 38.5 Å². The molecule has 0 fully saturated rings. The lowest BCUT2D eigenvalue weighted by Gasteiger charge is -2.12. The van der Waals surface area contributed by atoms with Crippen LogP contribution in [-0.4, -0.2) is 58.9 Å². The van der Waals surface area contributed by atoms with Crippen molar-refractivity contribution in [1.82, 2.24) is 24.8 Å². The van der Waals surface area contributed by atoms with E-state index in [1.54, 1.807) is 13.2 Å². The SMILES string of the molecule is COCCOCc1ccccc1OCCNC(=O)c1ccc2nc(C(C)c3nc4ccccc4[nH]3)n(C)c2c1. The topological polar surface area (TPSA) is 103 Å². The average molecular weight is 528 g/mol. The summed E-state index contributed by atoms with van der Waals surface area (Å²) in [7, 11) is 3.61. The Kier molecular flexibility index (Phi) is 8.19. The van der Waals surface area contributed by atoms with Crippen molar-refractivity contribution < 1.29 is 19.0 Å². The minimum absolute atomic E-state index is 0.0440. The molecule has 0 spiro atoms. The number of aryl methyl sites for hydroxylation is 1. The quantitative estimate of drug-likeness (QED) is 0.230. The summed E-state index contributed by atoms with van der Waals surface area (Å²) in [5, 5.41) is 2.95. The van der Waals surface area contributed by atoms with E-state index in [9.17, 15) is 4.79 Å². The number of aromatic amines is 1.